The second-order valence-corrected chi connectivity index (χ2v) is 7.64. The summed E-state index contributed by atoms with van der Waals surface area (Å²) in [5, 5.41) is 1.13. The van der Waals surface area contributed by atoms with Crippen molar-refractivity contribution in [2.45, 2.75) is 31.9 Å². The van der Waals surface area contributed by atoms with E-state index >= 15 is 0 Å². The van der Waals surface area contributed by atoms with Crippen LogP contribution in [0.2, 0.25) is 0 Å². The van der Waals surface area contributed by atoms with Gasteiger partial charge in [-0.2, -0.15) is 0 Å². The summed E-state index contributed by atoms with van der Waals surface area (Å²) in [6.07, 6.45) is 5.27. The smallest absolute Gasteiger partial charge is 0.139 e. The molecule has 2 aliphatic rings. The molecule has 0 spiro atoms. The highest BCUT2D eigenvalue weighted by atomic mass is 16.5. The van der Waals surface area contributed by atoms with Gasteiger partial charge in [-0.25, -0.2) is 9.97 Å². The van der Waals surface area contributed by atoms with Gasteiger partial charge in [-0.15, -0.1) is 0 Å². The number of furan rings is 1. The number of hydrogen-bond acceptors (Lipinski definition) is 6. The van der Waals surface area contributed by atoms with Crippen LogP contribution in [-0.2, 0) is 11.3 Å². The van der Waals surface area contributed by atoms with E-state index in [-0.39, 0.29) is 6.10 Å². The number of hydrogen-bond donors (Lipinski definition) is 0. The van der Waals surface area contributed by atoms with Gasteiger partial charge in [0, 0.05) is 38.2 Å². The summed E-state index contributed by atoms with van der Waals surface area (Å²) in [5.41, 5.74) is 1.00. The third-order valence-corrected chi connectivity index (χ3v) is 5.75. The van der Waals surface area contributed by atoms with Crippen LogP contribution >= 0.6 is 0 Å². The van der Waals surface area contributed by atoms with Crippen molar-refractivity contribution < 1.29 is 9.15 Å². The summed E-state index contributed by atoms with van der Waals surface area (Å²) >= 11 is 0. The van der Waals surface area contributed by atoms with Gasteiger partial charge >= 0.3 is 0 Å². The van der Waals surface area contributed by atoms with Crippen molar-refractivity contribution in [3.63, 3.8) is 0 Å². The van der Waals surface area contributed by atoms with Gasteiger partial charge in [0.2, 0.25) is 0 Å². The Morgan fingerprint density at radius 1 is 0.964 bits per heavy atom. The van der Waals surface area contributed by atoms with Crippen molar-refractivity contribution in [1.82, 2.24) is 14.9 Å². The van der Waals surface area contributed by atoms with E-state index < -0.39 is 0 Å². The summed E-state index contributed by atoms with van der Waals surface area (Å²) in [5.74, 6) is 3.06. The molecule has 0 unspecified atom stereocenters. The van der Waals surface area contributed by atoms with Crippen LogP contribution in [0.25, 0.3) is 10.9 Å². The fourth-order valence-corrected chi connectivity index (χ4v) is 4.20. The van der Waals surface area contributed by atoms with E-state index in [9.17, 15) is 0 Å². The van der Waals surface area contributed by atoms with E-state index in [1.54, 1.807) is 6.33 Å². The molecule has 2 saturated heterocycles. The molecule has 5 rings (SSSR count). The zero-order valence-corrected chi connectivity index (χ0v) is 16.1. The first-order valence-electron chi connectivity index (χ1n) is 10.2. The molecular weight excluding hydrogens is 352 g/mol. The Morgan fingerprint density at radius 2 is 1.86 bits per heavy atom. The predicted octanol–water partition coefficient (Wildman–Crippen LogP) is 3.79. The summed E-state index contributed by atoms with van der Waals surface area (Å²) in [6, 6.07) is 12.4. The van der Waals surface area contributed by atoms with E-state index in [4.69, 9.17) is 9.15 Å². The van der Waals surface area contributed by atoms with Crippen molar-refractivity contribution >= 4 is 16.7 Å². The van der Waals surface area contributed by atoms with Crippen LogP contribution in [0, 0.1) is 0 Å². The molecule has 2 fully saturated rings. The first-order valence-corrected chi connectivity index (χ1v) is 10.2. The molecule has 3 aromatic rings. The lowest BCUT2D eigenvalue weighted by Gasteiger charge is -2.35. The highest BCUT2D eigenvalue weighted by Crippen LogP contribution is 2.29. The molecule has 28 heavy (non-hydrogen) atoms. The second-order valence-electron chi connectivity index (χ2n) is 7.64. The number of piperazine rings is 1. The summed E-state index contributed by atoms with van der Waals surface area (Å²) in [7, 11) is 0. The van der Waals surface area contributed by atoms with Crippen molar-refractivity contribution in [2.24, 2.45) is 0 Å². The van der Waals surface area contributed by atoms with Gasteiger partial charge in [0.05, 0.1) is 12.1 Å². The molecule has 6 nitrogen and oxygen atoms in total. The number of rotatable bonds is 4. The van der Waals surface area contributed by atoms with Crippen LogP contribution in [0.3, 0.4) is 0 Å². The van der Waals surface area contributed by atoms with Crippen molar-refractivity contribution in [3.05, 3.63) is 54.2 Å². The van der Waals surface area contributed by atoms with E-state index in [1.807, 2.05) is 12.1 Å². The molecule has 2 aromatic heterocycles. The monoisotopic (exact) mass is 378 g/mol. The predicted molar refractivity (Wildman–Crippen MR) is 108 cm³/mol. The average molecular weight is 378 g/mol. The molecule has 4 heterocycles. The topological polar surface area (TPSA) is 54.6 Å². The number of para-hydroxylation sites is 1. The molecule has 0 saturated carbocycles. The van der Waals surface area contributed by atoms with Gasteiger partial charge in [0.15, 0.2) is 0 Å². The normalized spacial score (nSPS) is 21.3. The van der Waals surface area contributed by atoms with Crippen LogP contribution in [0.15, 0.2) is 47.1 Å². The molecule has 1 atom stereocenters. The van der Waals surface area contributed by atoms with Crippen LogP contribution < -0.4 is 4.90 Å². The van der Waals surface area contributed by atoms with Crippen molar-refractivity contribution in [3.8, 4) is 0 Å². The van der Waals surface area contributed by atoms with E-state index in [2.05, 4.69) is 44.0 Å². The fraction of sp³-hybridized carbons (Fsp3) is 0.455. The summed E-state index contributed by atoms with van der Waals surface area (Å²) < 4.78 is 11.9. The molecule has 0 amide bonds. The molecule has 146 valence electrons. The van der Waals surface area contributed by atoms with E-state index in [0.717, 1.165) is 80.4 Å². The lowest BCUT2D eigenvalue weighted by Crippen LogP contribution is -2.46. The lowest BCUT2D eigenvalue weighted by molar-refractivity contribution is 0.000833. The molecular formula is C22H26N4O2. The molecule has 2 aliphatic heterocycles. The largest absolute Gasteiger partial charge is 0.462 e. The first-order chi connectivity index (χ1) is 13.9. The lowest BCUT2D eigenvalue weighted by atomic mass is 10.1. The highest BCUT2D eigenvalue weighted by Gasteiger charge is 2.23. The van der Waals surface area contributed by atoms with Gasteiger partial charge in [-0.1, -0.05) is 12.1 Å². The van der Waals surface area contributed by atoms with Crippen LogP contribution in [-0.4, -0.2) is 47.7 Å². The minimum atomic E-state index is 0.144. The van der Waals surface area contributed by atoms with Gasteiger partial charge in [0.25, 0.3) is 0 Å². The third-order valence-electron chi connectivity index (χ3n) is 5.75. The van der Waals surface area contributed by atoms with Gasteiger partial charge < -0.3 is 14.1 Å². The van der Waals surface area contributed by atoms with Crippen LogP contribution in [0.4, 0.5) is 5.82 Å². The van der Waals surface area contributed by atoms with E-state index in [0.29, 0.717) is 0 Å². The van der Waals surface area contributed by atoms with Crippen molar-refractivity contribution in [1.29, 1.82) is 0 Å². The van der Waals surface area contributed by atoms with Crippen LogP contribution in [0.5, 0.6) is 0 Å². The number of fused-ring (bicyclic) bond motifs is 1. The summed E-state index contributed by atoms with van der Waals surface area (Å²) in [4.78, 5) is 13.7. The second kappa shape index (κ2) is 7.89. The van der Waals surface area contributed by atoms with Gasteiger partial charge in [-0.3, -0.25) is 4.90 Å². The summed E-state index contributed by atoms with van der Waals surface area (Å²) in [6.45, 7) is 5.61. The first kappa shape index (κ1) is 17.6. The minimum Gasteiger partial charge on any atom is -0.462 e. The Labute approximate surface area is 165 Å². The maximum atomic E-state index is 6.09. The number of ether oxygens (including phenoxy) is 1. The van der Waals surface area contributed by atoms with E-state index in [1.165, 1.54) is 6.42 Å². The zero-order valence-electron chi connectivity index (χ0n) is 16.1. The Hall–Kier alpha value is -2.44. The fourth-order valence-electron chi connectivity index (χ4n) is 4.20. The Kier molecular flexibility index (Phi) is 4.97. The maximum Gasteiger partial charge on any atom is 0.139 e. The standard InChI is InChI=1S/C22H26N4O2/c1-2-6-19-18(5-1)22(24-16-23-19)26-12-10-25(11-13-26)15-17-8-9-21(28-17)20-7-3-4-14-27-20/h1-2,5-6,8-9,16,20H,3-4,7,10-15H2/t20-/m0/s1. The maximum absolute atomic E-state index is 6.09. The third kappa shape index (κ3) is 3.62. The van der Waals surface area contributed by atoms with Crippen LogP contribution in [0.1, 0.15) is 36.9 Å². The highest BCUT2D eigenvalue weighted by molar-refractivity contribution is 5.89. The molecule has 0 bridgehead atoms. The number of anilines is 1. The van der Waals surface area contributed by atoms with Gasteiger partial charge in [0.1, 0.15) is 29.8 Å². The minimum absolute atomic E-state index is 0.144. The SMILES string of the molecule is c1ccc2c(N3CCN(Cc4ccc([C@@H]5CCCCO5)o4)CC3)ncnc2c1. The Balaban J connectivity index is 1.21. The molecule has 0 radical (unpaired) electrons. The Bertz CT molecular complexity index is 922. The number of aromatic nitrogens is 2. The zero-order chi connectivity index (χ0) is 18.8. The average Bonchev–Trinajstić information content (AvgIpc) is 3.23. The molecule has 0 aliphatic carbocycles. The quantitative estimate of drug-likeness (QED) is 0.689. The molecule has 1 aromatic carbocycles. The number of nitrogens with zero attached hydrogens (tertiary/aromatic N) is 4. The number of benzene rings is 1. The van der Waals surface area contributed by atoms with Gasteiger partial charge in [-0.05, 0) is 43.5 Å². The molecule has 6 heteroatoms. The van der Waals surface area contributed by atoms with Crippen molar-refractivity contribution in [2.75, 3.05) is 37.7 Å². The molecule has 0 N–H and O–H groups in total. The Morgan fingerprint density at radius 3 is 2.71 bits per heavy atom.